The van der Waals surface area contributed by atoms with E-state index in [2.05, 4.69) is 14.8 Å². The third-order valence-corrected chi connectivity index (χ3v) is 6.42. The number of carbonyl (C=O) groups excluding carboxylic acids is 1. The predicted molar refractivity (Wildman–Crippen MR) is 108 cm³/mol. The molecule has 6 atom stereocenters. The molecule has 0 spiro atoms. The maximum Gasteiger partial charge on any atom is 0.330 e. The summed E-state index contributed by atoms with van der Waals surface area (Å²) in [6.45, 7) is -1.28. The van der Waals surface area contributed by atoms with Crippen LogP contribution < -0.4 is 16.3 Å². The average Bonchev–Trinajstić information content (AvgIpc) is 3.17. The van der Waals surface area contributed by atoms with Crippen LogP contribution >= 0.6 is 6.64 Å². The molecule has 2 aliphatic heterocycles. The molecule has 2 unspecified atom stereocenters. The number of nitrogens with zero attached hydrogens (tertiary/aromatic N) is 1. The molecule has 0 aromatic carbocycles. The largest absolute Gasteiger partial charge is 0.468 e. The topological polar surface area (TPSA) is 171 Å². The van der Waals surface area contributed by atoms with Gasteiger partial charge in [-0.15, -0.1) is 0 Å². The molecule has 31 heavy (non-hydrogen) atoms. The third kappa shape index (κ3) is 5.48. The van der Waals surface area contributed by atoms with Crippen LogP contribution in [0.15, 0.2) is 21.9 Å². The van der Waals surface area contributed by atoms with E-state index in [1.165, 1.54) is 12.3 Å². The first-order chi connectivity index (χ1) is 14.5. The summed E-state index contributed by atoms with van der Waals surface area (Å²) < 4.78 is 28.7. The molecule has 3 rings (SSSR count). The van der Waals surface area contributed by atoms with E-state index in [0.717, 1.165) is 11.7 Å². The number of hydrogen-bond acceptors (Lipinski definition) is 10. The third-order valence-electron chi connectivity index (χ3n) is 4.65. The van der Waals surface area contributed by atoms with E-state index in [-0.39, 0.29) is 6.61 Å². The monoisotopic (exact) mass is 481 g/mol. The molecule has 0 amide bonds. The fourth-order valence-corrected chi connectivity index (χ4v) is 4.93. The van der Waals surface area contributed by atoms with E-state index in [1.807, 2.05) is 0 Å². The van der Waals surface area contributed by atoms with Gasteiger partial charge in [-0.1, -0.05) is 0 Å². The second-order valence-electron chi connectivity index (χ2n) is 7.35. The number of aromatic amines is 1. The van der Waals surface area contributed by atoms with E-state index < -0.39 is 66.8 Å². The summed E-state index contributed by atoms with van der Waals surface area (Å²) in [5.74, 6) is -1.80. The molecule has 0 radical (unpaired) electrons. The first-order valence-electron chi connectivity index (χ1n) is 9.23. The van der Waals surface area contributed by atoms with Crippen molar-refractivity contribution in [1.29, 1.82) is 0 Å². The number of aliphatic hydroxyl groups excluding tert-OH is 1. The van der Waals surface area contributed by atoms with Crippen LogP contribution in [0.4, 0.5) is 0 Å². The minimum Gasteiger partial charge on any atom is -0.468 e. The fraction of sp³-hybridized carbons (Fsp3) is 0.688. The Morgan fingerprint density at radius 3 is 2.71 bits per heavy atom. The predicted octanol–water partition coefficient (Wildman–Crippen LogP) is -1.69. The van der Waals surface area contributed by atoms with Crippen molar-refractivity contribution in [1.82, 2.24) is 14.6 Å². The van der Waals surface area contributed by atoms with Gasteiger partial charge >= 0.3 is 11.7 Å². The highest BCUT2D eigenvalue weighted by atomic mass is 32.5. The highest BCUT2D eigenvalue weighted by Crippen LogP contribution is 2.45. The number of rotatable bonds is 8. The lowest BCUT2D eigenvalue weighted by Gasteiger charge is -2.26. The van der Waals surface area contributed by atoms with Crippen molar-refractivity contribution in [2.75, 3.05) is 20.3 Å². The van der Waals surface area contributed by atoms with Gasteiger partial charge in [0, 0.05) is 12.3 Å². The standard InChI is InChI=1S/C16H24N3O10PS/c1-16(2)28-11-9(7-26-30(24,31)18-8(6-20)14(22)25-3)27-13(12(11)29-16)19-5-4-10(21)17-15(19)23/h4-5,8-9,11-13,20H,6-7H2,1-3H3,(H,17,21,23)(H2,18,24,31)/t8?,9-,11-,12-,13-,30?/m1/s1. The Morgan fingerprint density at radius 1 is 1.42 bits per heavy atom. The Morgan fingerprint density at radius 2 is 2.10 bits per heavy atom. The number of aromatic nitrogens is 2. The number of aliphatic hydroxyl groups is 1. The summed E-state index contributed by atoms with van der Waals surface area (Å²) in [6, 6.07) is -0.0975. The quantitative estimate of drug-likeness (QED) is 0.246. The Kier molecular flexibility index (Phi) is 7.15. The molecule has 4 N–H and O–H groups in total. The normalized spacial score (nSPS) is 29.8. The summed E-state index contributed by atoms with van der Waals surface area (Å²) in [4.78, 5) is 47.7. The van der Waals surface area contributed by atoms with Crippen molar-refractivity contribution < 1.29 is 38.3 Å². The number of carbonyl (C=O) groups is 1. The maximum absolute atomic E-state index is 12.2. The molecule has 2 aliphatic rings. The van der Waals surface area contributed by atoms with Crippen LogP contribution in [0.3, 0.4) is 0 Å². The second-order valence-corrected chi connectivity index (χ2v) is 10.4. The van der Waals surface area contributed by atoms with Crippen molar-refractivity contribution in [3.05, 3.63) is 33.1 Å². The Balaban J connectivity index is 1.75. The number of hydrogen-bond donors (Lipinski definition) is 4. The van der Waals surface area contributed by atoms with E-state index in [1.54, 1.807) is 13.8 Å². The number of ether oxygens (including phenoxy) is 4. The second kappa shape index (κ2) is 9.17. The summed E-state index contributed by atoms with van der Waals surface area (Å²) in [5.41, 5.74) is -1.25. The molecular formula is C16H24N3O10PS. The van der Waals surface area contributed by atoms with Crippen LogP contribution in [-0.4, -0.2) is 76.0 Å². The molecule has 3 heterocycles. The molecule has 2 saturated heterocycles. The van der Waals surface area contributed by atoms with Gasteiger partial charge in [0.1, 0.15) is 24.4 Å². The molecule has 1 aromatic rings. The van der Waals surface area contributed by atoms with Gasteiger partial charge in [-0.05, 0) is 25.7 Å². The molecule has 0 bridgehead atoms. The first-order valence-corrected chi connectivity index (χ1v) is 11.9. The van der Waals surface area contributed by atoms with E-state index in [0.29, 0.717) is 0 Å². The van der Waals surface area contributed by atoms with Crippen molar-refractivity contribution in [2.24, 2.45) is 0 Å². The molecule has 174 valence electrons. The van der Waals surface area contributed by atoms with Crippen LogP contribution in [0.1, 0.15) is 20.1 Å². The molecular weight excluding hydrogens is 457 g/mol. The van der Waals surface area contributed by atoms with Gasteiger partial charge in [0.05, 0.1) is 20.3 Å². The van der Waals surface area contributed by atoms with E-state index >= 15 is 0 Å². The highest BCUT2D eigenvalue weighted by molar-refractivity contribution is 8.08. The van der Waals surface area contributed by atoms with Gasteiger partial charge in [0.2, 0.25) is 0 Å². The summed E-state index contributed by atoms with van der Waals surface area (Å²) in [5, 5.41) is 11.6. The van der Waals surface area contributed by atoms with Gasteiger partial charge in [-0.25, -0.2) is 9.88 Å². The Hall–Kier alpha value is -1.48. The van der Waals surface area contributed by atoms with Crippen molar-refractivity contribution >= 4 is 24.4 Å². The number of nitrogens with one attached hydrogen (secondary N) is 2. The molecule has 13 nitrogen and oxygen atoms in total. The lowest BCUT2D eigenvalue weighted by atomic mass is 10.1. The molecule has 15 heteroatoms. The summed E-state index contributed by atoms with van der Waals surface area (Å²) in [6.07, 6.45) is -1.85. The van der Waals surface area contributed by atoms with Crippen LogP contribution in [0.2, 0.25) is 0 Å². The van der Waals surface area contributed by atoms with Crippen molar-refractivity contribution in [3.8, 4) is 0 Å². The van der Waals surface area contributed by atoms with Gasteiger partial charge in [-0.2, -0.15) is 0 Å². The number of methoxy groups -OCH3 is 1. The highest BCUT2D eigenvalue weighted by Gasteiger charge is 2.56. The summed E-state index contributed by atoms with van der Waals surface area (Å²) >= 11 is 5.00. The maximum atomic E-state index is 12.2. The van der Waals surface area contributed by atoms with Gasteiger partial charge in [0.25, 0.3) is 12.2 Å². The lowest BCUT2D eigenvalue weighted by molar-refractivity contribution is -0.199. The summed E-state index contributed by atoms with van der Waals surface area (Å²) in [7, 11) is 1.12. The molecule has 0 aliphatic carbocycles. The van der Waals surface area contributed by atoms with Crippen LogP contribution in [0.5, 0.6) is 0 Å². The lowest BCUT2D eigenvalue weighted by Crippen LogP contribution is -2.40. The van der Waals surface area contributed by atoms with Crippen molar-refractivity contribution in [3.63, 3.8) is 0 Å². The molecule has 1 aromatic heterocycles. The van der Waals surface area contributed by atoms with E-state index in [9.17, 15) is 24.4 Å². The number of H-pyrrole nitrogens is 1. The number of esters is 1. The van der Waals surface area contributed by atoms with Crippen LogP contribution in [0.25, 0.3) is 0 Å². The fourth-order valence-electron chi connectivity index (χ4n) is 3.36. The Labute approximate surface area is 181 Å². The smallest absolute Gasteiger partial charge is 0.330 e. The van der Waals surface area contributed by atoms with E-state index in [4.69, 9.17) is 30.5 Å². The van der Waals surface area contributed by atoms with Gasteiger partial charge < -0.3 is 33.5 Å². The minimum atomic E-state index is -3.73. The Bertz CT molecular complexity index is 981. The number of fused-ring (bicyclic) bond motifs is 1. The van der Waals surface area contributed by atoms with Gasteiger partial charge in [0.15, 0.2) is 12.0 Å². The average molecular weight is 481 g/mol. The van der Waals surface area contributed by atoms with Gasteiger partial charge in [-0.3, -0.25) is 19.1 Å². The van der Waals surface area contributed by atoms with Crippen molar-refractivity contribution in [2.45, 2.75) is 50.2 Å². The zero-order chi connectivity index (χ0) is 23.0. The molecule has 0 saturated carbocycles. The first kappa shape index (κ1) is 24.2. The molecule has 2 fully saturated rings. The minimum absolute atomic E-state index is 0.269. The van der Waals surface area contributed by atoms with Crippen LogP contribution in [-0.2, 0) is 40.1 Å². The zero-order valence-electron chi connectivity index (χ0n) is 16.9. The zero-order valence-corrected chi connectivity index (χ0v) is 18.6. The van der Waals surface area contributed by atoms with Crippen LogP contribution in [0, 0.1) is 0 Å². The SMILES string of the molecule is COC(=O)C(CO)NP(O)(=S)OC[C@H]1O[C@@H](n2ccc(=O)[nH]c2=O)[C@@H]2OC(C)(C)O[C@@H]21.